The van der Waals surface area contributed by atoms with Crippen molar-refractivity contribution in [3.63, 3.8) is 0 Å². The fourth-order valence-electron chi connectivity index (χ4n) is 1.74. The van der Waals surface area contributed by atoms with E-state index in [0.717, 1.165) is 5.56 Å². The van der Waals surface area contributed by atoms with Gasteiger partial charge in [-0.15, -0.1) is 0 Å². The van der Waals surface area contributed by atoms with Crippen LogP contribution in [0.4, 0.5) is 5.69 Å². The lowest BCUT2D eigenvalue weighted by Crippen LogP contribution is -2.40. The maximum atomic E-state index is 10.6. The van der Waals surface area contributed by atoms with Gasteiger partial charge in [0.2, 0.25) is 0 Å². The second-order valence-electron chi connectivity index (χ2n) is 4.88. The molecular weight excluding hydrogens is 264 g/mol. The molecule has 2 unspecified atom stereocenters. The van der Waals surface area contributed by atoms with E-state index in [1.807, 2.05) is 13.2 Å². The molecule has 106 valence electrons. The van der Waals surface area contributed by atoms with Gasteiger partial charge in [0.25, 0.3) is 5.69 Å². The van der Waals surface area contributed by atoms with Gasteiger partial charge in [0.15, 0.2) is 0 Å². The van der Waals surface area contributed by atoms with Crippen molar-refractivity contribution in [2.24, 2.45) is 0 Å². The SMILES string of the molecule is CSCC(C)(O)CNC(C)c1ccc([N+](=O)[O-])cc1. The van der Waals surface area contributed by atoms with Gasteiger partial charge in [-0.25, -0.2) is 0 Å². The van der Waals surface area contributed by atoms with Crippen LogP contribution in [-0.4, -0.2) is 34.2 Å². The van der Waals surface area contributed by atoms with Crippen molar-refractivity contribution >= 4 is 17.4 Å². The van der Waals surface area contributed by atoms with Crippen LogP contribution in [-0.2, 0) is 0 Å². The van der Waals surface area contributed by atoms with E-state index < -0.39 is 10.5 Å². The highest BCUT2D eigenvalue weighted by atomic mass is 32.2. The summed E-state index contributed by atoms with van der Waals surface area (Å²) in [6.07, 6.45) is 1.95. The topological polar surface area (TPSA) is 75.4 Å². The summed E-state index contributed by atoms with van der Waals surface area (Å²) in [6, 6.07) is 6.49. The van der Waals surface area contributed by atoms with Gasteiger partial charge >= 0.3 is 0 Å². The van der Waals surface area contributed by atoms with E-state index in [2.05, 4.69) is 5.32 Å². The maximum Gasteiger partial charge on any atom is 0.269 e. The average Bonchev–Trinajstić information content (AvgIpc) is 2.36. The highest BCUT2D eigenvalue weighted by Gasteiger charge is 2.20. The third kappa shape index (κ3) is 5.18. The van der Waals surface area contributed by atoms with Crippen molar-refractivity contribution in [3.05, 3.63) is 39.9 Å². The summed E-state index contributed by atoms with van der Waals surface area (Å²) in [5, 5.41) is 23.9. The number of nitro benzene ring substituents is 1. The average molecular weight is 284 g/mol. The fraction of sp³-hybridized carbons (Fsp3) is 0.538. The number of aliphatic hydroxyl groups is 1. The van der Waals surface area contributed by atoms with Gasteiger partial charge in [0, 0.05) is 30.5 Å². The van der Waals surface area contributed by atoms with E-state index in [1.54, 1.807) is 30.8 Å². The molecule has 0 aliphatic heterocycles. The second-order valence-corrected chi connectivity index (χ2v) is 5.75. The van der Waals surface area contributed by atoms with Crippen molar-refractivity contribution in [1.29, 1.82) is 0 Å². The van der Waals surface area contributed by atoms with Crippen molar-refractivity contribution in [3.8, 4) is 0 Å². The molecule has 2 N–H and O–H groups in total. The Hall–Kier alpha value is -1.11. The minimum Gasteiger partial charge on any atom is -0.388 e. The lowest BCUT2D eigenvalue weighted by molar-refractivity contribution is -0.384. The van der Waals surface area contributed by atoms with Crippen LogP contribution in [0.3, 0.4) is 0 Å². The Balaban J connectivity index is 2.58. The number of hydrogen-bond acceptors (Lipinski definition) is 5. The molecule has 0 bridgehead atoms. The Morgan fingerprint density at radius 1 is 1.47 bits per heavy atom. The van der Waals surface area contributed by atoms with Crippen LogP contribution in [0.25, 0.3) is 0 Å². The Morgan fingerprint density at radius 3 is 2.53 bits per heavy atom. The van der Waals surface area contributed by atoms with E-state index in [1.165, 1.54) is 12.1 Å². The molecular formula is C13H20N2O3S. The summed E-state index contributed by atoms with van der Waals surface area (Å²) < 4.78 is 0. The van der Waals surface area contributed by atoms with Crippen LogP contribution in [0.5, 0.6) is 0 Å². The van der Waals surface area contributed by atoms with Gasteiger partial charge in [0.1, 0.15) is 0 Å². The molecule has 0 amide bonds. The number of nitro groups is 1. The fourth-order valence-corrected chi connectivity index (χ4v) is 2.46. The molecule has 0 saturated heterocycles. The predicted octanol–water partition coefficient (Wildman–Crippen LogP) is 2.36. The third-order valence-electron chi connectivity index (χ3n) is 2.85. The summed E-state index contributed by atoms with van der Waals surface area (Å²) in [5.74, 6) is 0.660. The summed E-state index contributed by atoms with van der Waals surface area (Å²) in [5.41, 5.74) is 0.296. The lowest BCUT2D eigenvalue weighted by Gasteiger charge is -2.25. The van der Waals surface area contributed by atoms with E-state index in [0.29, 0.717) is 12.3 Å². The monoisotopic (exact) mass is 284 g/mol. The number of benzene rings is 1. The first kappa shape index (κ1) is 15.9. The van der Waals surface area contributed by atoms with Crippen LogP contribution in [0.15, 0.2) is 24.3 Å². The molecule has 0 aliphatic carbocycles. The number of hydrogen-bond donors (Lipinski definition) is 2. The van der Waals surface area contributed by atoms with Gasteiger partial charge < -0.3 is 10.4 Å². The number of nitrogens with one attached hydrogen (secondary N) is 1. The van der Waals surface area contributed by atoms with Crippen molar-refractivity contribution in [1.82, 2.24) is 5.32 Å². The lowest BCUT2D eigenvalue weighted by atomic mass is 10.1. The van der Waals surface area contributed by atoms with Gasteiger partial charge in [-0.1, -0.05) is 12.1 Å². The highest BCUT2D eigenvalue weighted by Crippen LogP contribution is 2.18. The summed E-state index contributed by atoms with van der Waals surface area (Å²) >= 11 is 1.60. The summed E-state index contributed by atoms with van der Waals surface area (Å²) in [6.45, 7) is 4.24. The van der Waals surface area contributed by atoms with Crippen LogP contribution in [0.2, 0.25) is 0 Å². The number of non-ortho nitro benzene ring substituents is 1. The molecule has 6 heteroatoms. The minimum atomic E-state index is -0.756. The molecule has 0 heterocycles. The Bertz CT molecular complexity index is 420. The Morgan fingerprint density at radius 2 is 2.05 bits per heavy atom. The first-order valence-electron chi connectivity index (χ1n) is 6.05. The number of rotatable bonds is 7. The van der Waals surface area contributed by atoms with Crippen molar-refractivity contribution in [2.45, 2.75) is 25.5 Å². The first-order valence-corrected chi connectivity index (χ1v) is 7.44. The third-order valence-corrected chi connectivity index (χ3v) is 3.76. The van der Waals surface area contributed by atoms with Crippen molar-refractivity contribution < 1.29 is 10.0 Å². The summed E-state index contributed by atoms with van der Waals surface area (Å²) in [4.78, 5) is 10.2. The molecule has 0 saturated carbocycles. The molecule has 0 aromatic heterocycles. The van der Waals surface area contributed by atoms with Gasteiger partial charge in [-0.05, 0) is 25.7 Å². The van der Waals surface area contributed by atoms with Gasteiger partial charge in [-0.3, -0.25) is 10.1 Å². The molecule has 5 nitrogen and oxygen atoms in total. The predicted molar refractivity (Wildman–Crippen MR) is 78.5 cm³/mol. The largest absolute Gasteiger partial charge is 0.388 e. The van der Waals surface area contributed by atoms with E-state index in [9.17, 15) is 15.2 Å². The smallest absolute Gasteiger partial charge is 0.269 e. The van der Waals surface area contributed by atoms with Gasteiger partial charge in [-0.2, -0.15) is 11.8 Å². The normalized spacial score (nSPS) is 15.8. The van der Waals surface area contributed by atoms with Crippen molar-refractivity contribution in [2.75, 3.05) is 18.6 Å². The Labute approximate surface area is 117 Å². The van der Waals surface area contributed by atoms with Crippen LogP contribution >= 0.6 is 11.8 Å². The van der Waals surface area contributed by atoms with Crippen LogP contribution in [0.1, 0.15) is 25.5 Å². The second kappa shape index (κ2) is 6.88. The van der Waals surface area contributed by atoms with E-state index >= 15 is 0 Å². The zero-order valence-corrected chi connectivity index (χ0v) is 12.2. The number of thioether (sulfide) groups is 1. The van der Waals surface area contributed by atoms with Crippen LogP contribution < -0.4 is 5.32 Å². The molecule has 1 rings (SSSR count). The maximum absolute atomic E-state index is 10.6. The number of nitrogens with zero attached hydrogens (tertiary/aromatic N) is 1. The minimum absolute atomic E-state index is 0.0362. The molecule has 0 spiro atoms. The first-order chi connectivity index (χ1) is 8.85. The molecule has 0 aliphatic rings. The molecule has 1 aromatic carbocycles. The van der Waals surface area contributed by atoms with Gasteiger partial charge in [0.05, 0.1) is 10.5 Å². The Kier molecular flexibility index (Phi) is 5.78. The summed E-state index contributed by atoms with van der Waals surface area (Å²) in [7, 11) is 0. The highest BCUT2D eigenvalue weighted by molar-refractivity contribution is 7.98. The zero-order valence-electron chi connectivity index (χ0n) is 11.4. The van der Waals surface area contributed by atoms with Crippen LogP contribution in [0, 0.1) is 10.1 Å². The zero-order chi connectivity index (χ0) is 14.5. The van der Waals surface area contributed by atoms with E-state index in [-0.39, 0.29) is 11.7 Å². The molecule has 1 aromatic rings. The van der Waals surface area contributed by atoms with E-state index in [4.69, 9.17) is 0 Å². The quantitative estimate of drug-likeness (QED) is 0.594. The molecule has 2 atom stereocenters. The molecule has 0 radical (unpaired) electrons. The standard InChI is InChI=1S/C13H20N2O3S/c1-10(14-8-13(2,16)9-19-3)11-4-6-12(7-5-11)15(17)18/h4-7,10,14,16H,8-9H2,1-3H3. The molecule has 0 fully saturated rings. The molecule has 19 heavy (non-hydrogen) atoms.